The SMILES string of the molecule is CC1(C)c2ccccc2Oc2cc(-c3ccc4c(c3)oc3cc(-c5nc(-c6ccccc6)nc(-c6cccc(-n7c8ccccc8c8ccccc87)c6)n5)ccc34)ccc21. The van der Waals surface area contributed by atoms with Gasteiger partial charge in [0.05, 0.1) is 11.0 Å². The molecule has 60 heavy (non-hydrogen) atoms. The highest BCUT2D eigenvalue weighted by atomic mass is 16.5. The molecule has 4 heterocycles. The lowest BCUT2D eigenvalue weighted by atomic mass is 9.75. The number of rotatable bonds is 5. The van der Waals surface area contributed by atoms with Gasteiger partial charge in [-0.05, 0) is 71.8 Å². The van der Waals surface area contributed by atoms with Crippen LogP contribution in [0.3, 0.4) is 0 Å². The number of nitrogens with zero attached hydrogens (tertiary/aromatic N) is 4. The molecule has 0 bridgehead atoms. The summed E-state index contributed by atoms with van der Waals surface area (Å²) in [5.74, 6) is 3.56. The Morgan fingerprint density at radius 1 is 0.400 bits per heavy atom. The zero-order valence-corrected chi connectivity index (χ0v) is 32.9. The van der Waals surface area contributed by atoms with E-state index in [0.717, 1.165) is 78.0 Å². The monoisotopic (exact) mass is 772 g/mol. The summed E-state index contributed by atoms with van der Waals surface area (Å²) in [5.41, 5.74) is 11.9. The maximum atomic E-state index is 6.62. The van der Waals surface area contributed by atoms with Crippen molar-refractivity contribution in [1.29, 1.82) is 0 Å². The second-order valence-electron chi connectivity index (χ2n) is 16.1. The van der Waals surface area contributed by atoms with E-state index in [0.29, 0.717) is 17.5 Å². The first kappa shape index (κ1) is 34.2. The molecule has 0 radical (unpaired) electrons. The highest BCUT2D eigenvalue weighted by molar-refractivity contribution is 6.09. The van der Waals surface area contributed by atoms with Crippen LogP contribution < -0.4 is 4.74 Å². The third-order valence-corrected chi connectivity index (χ3v) is 12.1. The van der Waals surface area contributed by atoms with Gasteiger partial charge in [0.15, 0.2) is 17.5 Å². The Hall–Kier alpha value is -7.83. The number of aromatic nitrogens is 4. The number of para-hydroxylation sites is 3. The third-order valence-electron chi connectivity index (χ3n) is 12.1. The van der Waals surface area contributed by atoms with Crippen LogP contribution in [-0.2, 0) is 5.41 Å². The number of fused-ring (bicyclic) bond motifs is 8. The zero-order valence-electron chi connectivity index (χ0n) is 32.9. The molecule has 0 saturated carbocycles. The Bertz CT molecular complexity index is 3450. The molecule has 0 amide bonds. The summed E-state index contributed by atoms with van der Waals surface area (Å²) in [6.07, 6.45) is 0. The summed E-state index contributed by atoms with van der Waals surface area (Å²) in [6, 6.07) is 63.1. The van der Waals surface area contributed by atoms with Crippen LogP contribution >= 0.6 is 0 Å². The first-order valence-corrected chi connectivity index (χ1v) is 20.3. The molecule has 6 heteroatoms. The Kier molecular flexibility index (Phi) is 7.47. The highest BCUT2D eigenvalue weighted by Gasteiger charge is 2.34. The van der Waals surface area contributed by atoms with Crippen LogP contribution in [0, 0.1) is 0 Å². The molecule has 284 valence electrons. The average Bonchev–Trinajstić information content (AvgIpc) is 3.84. The first-order chi connectivity index (χ1) is 29.5. The second-order valence-corrected chi connectivity index (χ2v) is 16.1. The van der Waals surface area contributed by atoms with Gasteiger partial charge in [0, 0.05) is 60.5 Å². The summed E-state index contributed by atoms with van der Waals surface area (Å²) in [6.45, 7) is 4.51. The molecule has 0 unspecified atom stereocenters. The topological polar surface area (TPSA) is 66.0 Å². The van der Waals surface area contributed by atoms with Crippen molar-refractivity contribution in [2.75, 3.05) is 0 Å². The van der Waals surface area contributed by atoms with E-state index in [4.69, 9.17) is 24.1 Å². The van der Waals surface area contributed by atoms with E-state index in [2.05, 4.69) is 152 Å². The normalized spacial score (nSPS) is 13.1. The van der Waals surface area contributed by atoms with Crippen molar-refractivity contribution in [3.8, 4) is 62.5 Å². The summed E-state index contributed by atoms with van der Waals surface area (Å²) >= 11 is 0. The standard InChI is InChI=1S/C54H36N4O2/c1-54(2)43-19-8-11-22-47(43)59-50-31-35(25-28-44(50)54)34-23-26-41-42-27-24-37(32-49(42)60-48(41)30-34)53-56-51(33-13-4-3-5-14-33)55-52(57-53)36-15-12-16-38(29-36)58-45-20-9-6-17-39(45)40-18-7-10-21-46(40)58/h3-32H,1-2H3. The lowest BCUT2D eigenvalue weighted by Crippen LogP contribution is -2.24. The smallest absolute Gasteiger partial charge is 0.164 e. The molecule has 0 aliphatic carbocycles. The van der Waals surface area contributed by atoms with E-state index in [1.807, 2.05) is 48.5 Å². The first-order valence-electron chi connectivity index (χ1n) is 20.3. The van der Waals surface area contributed by atoms with Crippen LogP contribution in [0.1, 0.15) is 25.0 Å². The number of benzene rings is 8. The number of hydrogen-bond acceptors (Lipinski definition) is 5. The molecular formula is C54H36N4O2. The Balaban J connectivity index is 0.942. The molecular weight excluding hydrogens is 737 g/mol. The largest absolute Gasteiger partial charge is 0.457 e. The van der Waals surface area contributed by atoms with Crippen molar-refractivity contribution in [3.05, 3.63) is 193 Å². The van der Waals surface area contributed by atoms with Crippen LogP contribution in [0.2, 0.25) is 0 Å². The lowest BCUT2D eigenvalue weighted by Gasteiger charge is -2.34. The maximum Gasteiger partial charge on any atom is 0.164 e. The van der Waals surface area contributed by atoms with Crippen LogP contribution in [0.25, 0.3) is 94.7 Å². The third kappa shape index (κ3) is 5.38. The number of hydrogen-bond donors (Lipinski definition) is 0. The summed E-state index contributed by atoms with van der Waals surface area (Å²) < 4.78 is 15.4. The molecule has 0 spiro atoms. The predicted molar refractivity (Wildman–Crippen MR) is 242 cm³/mol. The molecule has 6 nitrogen and oxygen atoms in total. The zero-order chi connectivity index (χ0) is 40.0. The van der Waals surface area contributed by atoms with E-state index in [1.54, 1.807) is 0 Å². The fourth-order valence-electron chi connectivity index (χ4n) is 9.07. The molecule has 0 atom stereocenters. The van der Waals surface area contributed by atoms with Crippen LogP contribution in [0.5, 0.6) is 11.5 Å². The molecule has 0 N–H and O–H groups in total. The maximum absolute atomic E-state index is 6.62. The van der Waals surface area contributed by atoms with Gasteiger partial charge in [-0.25, -0.2) is 15.0 Å². The molecule has 8 aromatic carbocycles. The van der Waals surface area contributed by atoms with Crippen molar-refractivity contribution >= 4 is 43.7 Å². The van der Waals surface area contributed by atoms with E-state index in [-0.39, 0.29) is 5.41 Å². The van der Waals surface area contributed by atoms with Gasteiger partial charge in [0.25, 0.3) is 0 Å². The van der Waals surface area contributed by atoms with Gasteiger partial charge in [0.2, 0.25) is 0 Å². The molecule has 1 aliphatic rings. The summed E-state index contributed by atoms with van der Waals surface area (Å²) in [5, 5.41) is 4.51. The van der Waals surface area contributed by atoms with Gasteiger partial charge in [0.1, 0.15) is 22.7 Å². The molecule has 0 saturated heterocycles. The van der Waals surface area contributed by atoms with Gasteiger partial charge >= 0.3 is 0 Å². The number of furan rings is 1. The van der Waals surface area contributed by atoms with Crippen molar-refractivity contribution in [3.63, 3.8) is 0 Å². The van der Waals surface area contributed by atoms with Crippen LogP contribution in [0.15, 0.2) is 186 Å². The van der Waals surface area contributed by atoms with E-state index >= 15 is 0 Å². The van der Waals surface area contributed by atoms with Gasteiger partial charge in [-0.1, -0.05) is 135 Å². The van der Waals surface area contributed by atoms with Gasteiger partial charge in [-0.3, -0.25) is 0 Å². The van der Waals surface area contributed by atoms with Gasteiger partial charge < -0.3 is 13.7 Å². The fourth-order valence-corrected chi connectivity index (χ4v) is 9.07. The lowest BCUT2D eigenvalue weighted by molar-refractivity contribution is 0.418. The van der Waals surface area contributed by atoms with E-state index in [1.165, 1.54) is 21.9 Å². The summed E-state index contributed by atoms with van der Waals surface area (Å²) in [4.78, 5) is 15.2. The van der Waals surface area contributed by atoms with Crippen molar-refractivity contribution in [1.82, 2.24) is 19.5 Å². The van der Waals surface area contributed by atoms with Crippen LogP contribution in [0.4, 0.5) is 0 Å². The fraction of sp³-hybridized carbons (Fsp3) is 0.0556. The van der Waals surface area contributed by atoms with E-state index < -0.39 is 0 Å². The minimum atomic E-state index is -0.165. The summed E-state index contributed by atoms with van der Waals surface area (Å²) in [7, 11) is 0. The highest BCUT2D eigenvalue weighted by Crippen LogP contribution is 2.49. The molecule has 3 aromatic heterocycles. The quantitative estimate of drug-likeness (QED) is 0.174. The van der Waals surface area contributed by atoms with Gasteiger partial charge in [-0.15, -0.1) is 0 Å². The molecule has 12 rings (SSSR count). The molecule has 1 aliphatic heterocycles. The second kappa shape index (κ2) is 13.1. The minimum Gasteiger partial charge on any atom is -0.457 e. The average molecular weight is 773 g/mol. The van der Waals surface area contributed by atoms with Crippen molar-refractivity contribution in [2.45, 2.75) is 19.3 Å². The van der Waals surface area contributed by atoms with Crippen LogP contribution in [-0.4, -0.2) is 19.5 Å². The Morgan fingerprint density at radius 3 is 1.67 bits per heavy atom. The Labute approximate surface area is 346 Å². The molecule has 11 aromatic rings. The predicted octanol–water partition coefficient (Wildman–Crippen LogP) is 14.0. The minimum absolute atomic E-state index is 0.165. The Morgan fingerprint density at radius 2 is 0.933 bits per heavy atom. The van der Waals surface area contributed by atoms with Gasteiger partial charge in [-0.2, -0.15) is 0 Å². The van der Waals surface area contributed by atoms with Crippen molar-refractivity contribution < 1.29 is 9.15 Å². The van der Waals surface area contributed by atoms with Crippen molar-refractivity contribution in [2.24, 2.45) is 0 Å². The van der Waals surface area contributed by atoms with E-state index in [9.17, 15) is 0 Å². The molecule has 0 fully saturated rings. The number of ether oxygens (including phenoxy) is 1.